The van der Waals surface area contributed by atoms with Crippen LogP contribution in [0.1, 0.15) is 30.1 Å². The van der Waals surface area contributed by atoms with Crippen molar-refractivity contribution in [1.82, 2.24) is 9.47 Å². The monoisotopic (exact) mass is 578 g/mol. The number of nitrogens with zero attached hydrogens (tertiary/aromatic N) is 4. The quantitative estimate of drug-likeness (QED) is 0.309. The molecule has 204 valence electrons. The molecule has 0 atom stereocenters. The third-order valence-electron chi connectivity index (χ3n) is 6.60. The molecule has 12 heteroatoms. The van der Waals surface area contributed by atoms with Crippen molar-refractivity contribution in [2.45, 2.75) is 30.1 Å². The maximum atomic E-state index is 12.9. The van der Waals surface area contributed by atoms with E-state index in [1.165, 1.54) is 6.40 Å². The van der Waals surface area contributed by atoms with Gasteiger partial charge in [0.1, 0.15) is 0 Å². The van der Waals surface area contributed by atoms with Crippen LogP contribution in [0.3, 0.4) is 0 Å². The van der Waals surface area contributed by atoms with Crippen LogP contribution in [0.15, 0.2) is 51.3 Å². The fourth-order valence-electron chi connectivity index (χ4n) is 4.53. The number of aliphatic hydroxyl groups excluding tert-OH is 1. The van der Waals surface area contributed by atoms with Crippen LogP contribution in [0.5, 0.6) is 5.88 Å². The summed E-state index contributed by atoms with van der Waals surface area (Å²) in [6.07, 6.45) is 2.75. The van der Waals surface area contributed by atoms with E-state index in [1.807, 2.05) is 11.6 Å². The van der Waals surface area contributed by atoms with E-state index >= 15 is 0 Å². The molecule has 0 saturated carbocycles. The van der Waals surface area contributed by atoms with E-state index in [1.54, 1.807) is 59.7 Å². The van der Waals surface area contributed by atoms with Crippen molar-refractivity contribution in [3.63, 3.8) is 0 Å². The maximum Gasteiger partial charge on any atom is 0.223 e. The average molecular weight is 579 g/mol. The first-order chi connectivity index (χ1) is 18.2. The van der Waals surface area contributed by atoms with E-state index in [-0.39, 0.29) is 42.0 Å². The molecule has 0 unspecified atom stereocenters. The summed E-state index contributed by atoms with van der Waals surface area (Å²) in [5, 5.41) is 11.2. The number of rotatable bonds is 9. The van der Waals surface area contributed by atoms with Crippen LogP contribution >= 0.6 is 22.9 Å². The molecular weight excluding hydrogens is 548 g/mol. The second-order valence-electron chi connectivity index (χ2n) is 9.07. The number of hydrogen-bond donors (Lipinski definition) is 1. The number of likely N-dealkylation sites (tertiary alicyclic amines) is 1. The Morgan fingerprint density at radius 2 is 1.92 bits per heavy atom. The van der Waals surface area contributed by atoms with E-state index in [4.69, 9.17) is 21.4 Å². The molecule has 3 aromatic rings. The van der Waals surface area contributed by atoms with Crippen molar-refractivity contribution in [2.24, 2.45) is 17.0 Å². The Kier molecular flexibility index (Phi) is 9.24. The number of amides is 1. The van der Waals surface area contributed by atoms with E-state index in [2.05, 4.69) is 9.98 Å². The lowest BCUT2D eigenvalue weighted by Gasteiger charge is -2.31. The minimum Gasteiger partial charge on any atom is -0.428 e. The minimum absolute atomic E-state index is 0.0522. The van der Waals surface area contributed by atoms with Gasteiger partial charge in [0.25, 0.3) is 0 Å². The molecule has 38 heavy (non-hydrogen) atoms. The van der Waals surface area contributed by atoms with Crippen molar-refractivity contribution >= 4 is 55.9 Å². The van der Waals surface area contributed by atoms with Gasteiger partial charge in [-0.15, -0.1) is 0 Å². The highest BCUT2D eigenvalue weighted by molar-refractivity contribution is 7.91. The number of fused-ring (bicyclic) bond motifs is 1. The number of benzene rings is 2. The van der Waals surface area contributed by atoms with Crippen LogP contribution in [0.2, 0.25) is 5.02 Å². The highest BCUT2D eigenvalue weighted by Crippen LogP contribution is 2.36. The second-order valence-corrected chi connectivity index (χ2v) is 12.6. The van der Waals surface area contributed by atoms with Crippen LogP contribution in [0.25, 0.3) is 10.8 Å². The molecule has 0 aliphatic carbocycles. The first-order valence-corrected chi connectivity index (χ1v) is 15.2. The lowest BCUT2D eigenvalue weighted by molar-refractivity contribution is -0.131. The van der Waals surface area contributed by atoms with Crippen LogP contribution in [-0.2, 0) is 21.7 Å². The maximum absolute atomic E-state index is 12.9. The number of sulfone groups is 1. The number of halogens is 1. The third kappa shape index (κ3) is 6.45. The topological polar surface area (TPSA) is 114 Å². The van der Waals surface area contributed by atoms with Gasteiger partial charge in [0.2, 0.25) is 11.8 Å². The average Bonchev–Trinajstić information content (AvgIpc) is 3.24. The van der Waals surface area contributed by atoms with E-state index in [0.29, 0.717) is 24.0 Å². The molecule has 1 saturated heterocycles. The number of aliphatic hydroxyl groups is 1. The molecule has 0 spiro atoms. The van der Waals surface area contributed by atoms with Crippen molar-refractivity contribution in [3.05, 3.63) is 51.1 Å². The van der Waals surface area contributed by atoms with Gasteiger partial charge >= 0.3 is 0 Å². The molecule has 0 radical (unpaired) electrons. The number of carbonyl (C=O) groups excluding carboxylic acids is 1. The Morgan fingerprint density at radius 3 is 2.63 bits per heavy atom. The Bertz CT molecular complexity index is 1510. The standard InChI is InChI=1S/C26H31ClN4O5S2/c1-28-26-30(2)25(36-17-29-10-13-32)24(37-26)18-7-11-31(12-8-18)23(33)9-14-38(34,35)22-6-4-19-15-21(27)5-3-20(19)16-22/h3-6,15-18,32H,7-14H2,1-2H3/b28-26-,29-17+. The third-order valence-corrected chi connectivity index (χ3v) is 9.91. The first-order valence-electron chi connectivity index (χ1n) is 12.3. The Morgan fingerprint density at radius 1 is 1.21 bits per heavy atom. The van der Waals surface area contributed by atoms with Gasteiger partial charge in [0.15, 0.2) is 21.0 Å². The van der Waals surface area contributed by atoms with E-state index in [9.17, 15) is 13.2 Å². The van der Waals surface area contributed by atoms with Gasteiger partial charge in [-0.2, -0.15) is 0 Å². The number of ether oxygens (including phenoxy) is 1. The molecule has 1 fully saturated rings. The normalized spacial score (nSPS) is 15.6. The number of aromatic nitrogens is 1. The summed E-state index contributed by atoms with van der Waals surface area (Å²) >= 11 is 7.57. The van der Waals surface area contributed by atoms with E-state index in [0.717, 1.165) is 33.3 Å². The largest absolute Gasteiger partial charge is 0.428 e. The number of aliphatic imine (C=N–C) groups is 1. The van der Waals surface area contributed by atoms with Crippen LogP contribution in [0.4, 0.5) is 0 Å². The molecule has 1 aromatic heterocycles. The summed E-state index contributed by atoms with van der Waals surface area (Å²) in [6.45, 7) is 1.29. The Hall–Kier alpha value is -2.73. The number of piperidine rings is 1. The van der Waals surface area contributed by atoms with Crippen molar-refractivity contribution in [2.75, 3.05) is 39.0 Å². The molecule has 1 aliphatic rings. The van der Waals surface area contributed by atoms with Crippen LogP contribution in [0, 0.1) is 0 Å². The summed E-state index contributed by atoms with van der Waals surface area (Å²) in [4.78, 5) is 25.0. The highest BCUT2D eigenvalue weighted by atomic mass is 35.5. The van der Waals surface area contributed by atoms with Gasteiger partial charge in [0.05, 0.1) is 28.7 Å². The Balaban J connectivity index is 1.37. The van der Waals surface area contributed by atoms with Crippen LogP contribution < -0.4 is 9.54 Å². The summed E-state index contributed by atoms with van der Waals surface area (Å²) < 4.78 is 33.6. The molecular formula is C26H31ClN4O5S2. The number of thiazole rings is 1. The van der Waals surface area contributed by atoms with Crippen molar-refractivity contribution in [3.8, 4) is 5.88 Å². The predicted octanol–water partition coefficient (Wildman–Crippen LogP) is 3.39. The fraction of sp³-hybridized carbons (Fsp3) is 0.423. The molecule has 1 amide bonds. The van der Waals surface area contributed by atoms with Crippen molar-refractivity contribution < 1.29 is 23.1 Å². The molecule has 0 bridgehead atoms. The molecule has 1 N–H and O–H groups in total. The summed E-state index contributed by atoms with van der Waals surface area (Å²) in [5.41, 5.74) is 0. The van der Waals surface area contributed by atoms with Gasteiger partial charge in [-0.3, -0.25) is 19.3 Å². The van der Waals surface area contributed by atoms with Crippen molar-refractivity contribution in [1.29, 1.82) is 0 Å². The SMILES string of the molecule is C/N=c1\sc(C2CCN(C(=O)CCS(=O)(=O)c3ccc4cc(Cl)ccc4c3)CC2)c(O/C=N/CCO)n1C. The molecule has 2 aromatic carbocycles. The summed E-state index contributed by atoms with van der Waals surface area (Å²) in [5.74, 6) is 0.443. The minimum atomic E-state index is -3.61. The zero-order chi connectivity index (χ0) is 27.3. The van der Waals surface area contributed by atoms with E-state index < -0.39 is 9.84 Å². The smallest absolute Gasteiger partial charge is 0.223 e. The van der Waals surface area contributed by atoms with Gasteiger partial charge in [0, 0.05) is 44.5 Å². The molecule has 4 rings (SSSR count). The number of hydrogen-bond acceptors (Lipinski definition) is 8. The summed E-state index contributed by atoms with van der Waals surface area (Å²) in [7, 11) is -0.00896. The summed E-state index contributed by atoms with van der Waals surface area (Å²) in [6, 6.07) is 10.2. The van der Waals surface area contributed by atoms with Gasteiger partial charge < -0.3 is 14.7 Å². The van der Waals surface area contributed by atoms with Gasteiger partial charge in [-0.05, 0) is 47.9 Å². The van der Waals surface area contributed by atoms with Gasteiger partial charge in [-0.25, -0.2) is 8.42 Å². The predicted molar refractivity (Wildman–Crippen MR) is 150 cm³/mol. The first kappa shape index (κ1) is 28.3. The molecule has 9 nitrogen and oxygen atoms in total. The zero-order valence-electron chi connectivity index (χ0n) is 21.3. The Labute approximate surface area is 231 Å². The zero-order valence-corrected chi connectivity index (χ0v) is 23.7. The lowest BCUT2D eigenvalue weighted by atomic mass is 9.95. The number of carbonyl (C=O) groups is 1. The second kappa shape index (κ2) is 12.4. The fourth-order valence-corrected chi connectivity index (χ4v) is 7.15. The lowest BCUT2D eigenvalue weighted by Crippen LogP contribution is -2.38. The molecule has 2 heterocycles. The van der Waals surface area contributed by atoms with Crippen LogP contribution in [-0.4, -0.2) is 74.3 Å². The molecule has 1 aliphatic heterocycles. The van der Waals surface area contributed by atoms with Gasteiger partial charge in [-0.1, -0.05) is 35.1 Å². The highest BCUT2D eigenvalue weighted by Gasteiger charge is 2.29.